The molecule has 4 heteroatoms. The van der Waals surface area contributed by atoms with E-state index in [2.05, 4.69) is 29.8 Å². The van der Waals surface area contributed by atoms with Gasteiger partial charge in [0, 0.05) is 18.6 Å². The zero-order chi connectivity index (χ0) is 11.1. The predicted octanol–water partition coefficient (Wildman–Crippen LogP) is 1.23. The fourth-order valence-electron chi connectivity index (χ4n) is 1.88. The van der Waals surface area contributed by atoms with Crippen LogP contribution in [0.15, 0.2) is 0 Å². The molecule has 1 saturated heterocycles. The Balaban J connectivity index is 2.13. The van der Waals surface area contributed by atoms with Gasteiger partial charge in [0.05, 0.1) is 0 Å². The topological polar surface area (TPSA) is 53.2 Å². The molecule has 88 valence electrons. The van der Waals surface area contributed by atoms with E-state index in [9.17, 15) is 4.79 Å². The average Bonchev–Trinajstić information content (AvgIpc) is 2.18. The molecule has 0 aromatic carbocycles. The molecule has 0 spiro atoms. The highest BCUT2D eigenvalue weighted by Crippen LogP contribution is 2.07. The van der Waals surface area contributed by atoms with Crippen molar-refractivity contribution >= 4 is 6.03 Å². The summed E-state index contributed by atoms with van der Waals surface area (Å²) in [6.45, 7) is 6.06. The Hall–Kier alpha value is -0.770. The lowest BCUT2D eigenvalue weighted by Crippen LogP contribution is -2.49. The molecule has 1 fully saturated rings. The second kappa shape index (κ2) is 6.67. The minimum atomic E-state index is -0.0115. The third kappa shape index (κ3) is 5.02. The first-order valence-corrected chi connectivity index (χ1v) is 6.00. The summed E-state index contributed by atoms with van der Waals surface area (Å²) in [6.07, 6.45) is 4.23. The molecule has 1 rings (SSSR count). The average molecular weight is 213 g/mol. The fourth-order valence-corrected chi connectivity index (χ4v) is 1.88. The molecule has 15 heavy (non-hydrogen) atoms. The van der Waals surface area contributed by atoms with Crippen LogP contribution in [-0.4, -0.2) is 31.2 Å². The molecule has 0 bridgehead atoms. The van der Waals surface area contributed by atoms with E-state index < -0.39 is 0 Å². The molecular weight excluding hydrogens is 190 g/mol. The summed E-state index contributed by atoms with van der Waals surface area (Å²) in [7, 11) is 0. The summed E-state index contributed by atoms with van der Waals surface area (Å²) in [6, 6.07) is 0.838. The van der Waals surface area contributed by atoms with Crippen LogP contribution in [0, 0.1) is 0 Å². The predicted molar refractivity (Wildman–Crippen MR) is 61.9 cm³/mol. The van der Waals surface area contributed by atoms with Crippen LogP contribution in [0.1, 0.15) is 39.5 Å². The van der Waals surface area contributed by atoms with Crippen molar-refractivity contribution in [2.75, 3.05) is 13.1 Å². The standard InChI is InChI=1S/C11H23N3O/c1-3-4-6-13-11(15)14-10-5-7-12-9(2)8-10/h9-10,12H,3-8H2,1-2H3,(H2,13,14,15). The van der Waals surface area contributed by atoms with Crippen LogP contribution in [0.25, 0.3) is 0 Å². The van der Waals surface area contributed by atoms with Crippen molar-refractivity contribution in [2.24, 2.45) is 0 Å². The minimum Gasteiger partial charge on any atom is -0.338 e. The lowest BCUT2D eigenvalue weighted by Gasteiger charge is -2.28. The molecule has 2 unspecified atom stereocenters. The van der Waals surface area contributed by atoms with Crippen molar-refractivity contribution in [1.82, 2.24) is 16.0 Å². The van der Waals surface area contributed by atoms with E-state index in [0.29, 0.717) is 12.1 Å². The third-order valence-corrected chi connectivity index (χ3v) is 2.77. The molecular formula is C11H23N3O. The zero-order valence-electron chi connectivity index (χ0n) is 9.81. The monoisotopic (exact) mass is 213 g/mol. The largest absolute Gasteiger partial charge is 0.338 e. The number of carbonyl (C=O) groups excluding carboxylic acids is 1. The van der Waals surface area contributed by atoms with Gasteiger partial charge in [-0.05, 0) is 32.7 Å². The van der Waals surface area contributed by atoms with Gasteiger partial charge < -0.3 is 16.0 Å². The number of unbranched alkanes of at least 4 members (excludes halogenated alkanes) is 1. The molecule has 1 aliphatic rings. The molecule has 0 aromatic heterocycles. The van der Waals surface area contributed by atoms with Crippen molar-refractivity contribution in [1.29, 1.82) is 0 Å². The molecule has 3 N–H and O–H groups in total. The number of piperidine rings is 1. The van der Waals surface area contributed by atoms with Gasteiger partial charge in [-0.15, -0.1) is 0 Å². The zero-order valence-corrected chi connectivity index (χ0v) is 9.81. The lowest BCUT2D eigenvalue weighted by molar-refractivity contribution is 0.230. The molecule has 0 aliphatic carbocycles. The maximum Gasteiger partial charge on any atom is 0.315 e. The quantitative estimate of drug-likeness (QED) is 0.615. The fraction of sp³-hybridized carbons (Fsp3) is 0.909. The van der Waals surface area contributed by atoms with Gasteiger partial charge in [0.1, 0.15) is 0 Å². The summed E-state index contributed by atoms with van der Waals surface area (Å²) in [5.74, 6) is 0. The van der Waals surface area contributed by atoms with Crippen molar-refractivity contribution < 1.29 is 4.79 Å². The van der Waals surface area contributed by atoms with Gasteiger partial charge in [0.2, 0.25) is 0 Å². The number of hydrogen-bond donors (Lipinski definition) is 3. The third-order valence-electron chi connectivity index (χ3n) is 2.77. The molecule has 0 radical (unpaired) electrons. The highest BCUT2D eigenvalue weighted by atomic mass is 16.2. The van der Waals surface area contributed by atoms with Crippen LogP contribution in [0.2, 0.25) is 0 Å². The van der Waals surface area contributed by atoms with E-state index in [0.717, 1.165) is 38.8 Å². The summed E-state index contributed by atoms with van der Waals surface area (Å²) >= 11 is 0. The van der Waals surface area contributed by atoms with Crippen LogP contribution in [-0.2, 0) is 0 Å². The number of nitrogens with one attached hydrogen (secondary N) is 3. The summed E-state index contributed by atoms with van der Waals surface area (Å²) in [5, 5.41) is 9.26. The molecule has 2 amide bonds. The van der Waals surface area contributed by atoms with E-state index in [-0.39, 0.29) is 6.03 Å². The van der Waals surface area contributed by atoms with E-state index in [1.807, 2.05) is 0 Å². The Morgan fingerprint density at radius 3 is 3.00 bits per heavy atom. The van der Waals surface area contributed by atoms with Gasteiger partial charge in [-0.25, -0.2) is 4.79 Å². The Morgan fingerprint density at radius 2 is 2.33 bits per heavy atom. The van der Waals surface area contributed by atoms with Crippen LogP contribution in [0.5, 0.6) is 0 Å². The molecule has 2 atom stereocenters. The number of carbonyl (C=O) groups is 1. The maximum absolute atomic E-state index is 11.5. The van der Waals surface area contributed by atoms with Gasteiger partial charge in [-0.3, -0.25) is 0 Å². The van der Waals surface area contributed by atoms with Gasteiger partial charge in [0.15, 0.2) is 0 Å². The summed E-state index contributed by atoms with van der Waals surface area (Å²) in [4.78, 5) is 11.5. The molecule has 0 aromatic rings. The smallest absolute Gasteiger partial charge is 0.315 e. The second-order valence-electron chi connectivity index (χ2n) is 4.33. The molecule has 1 aliphatic heterocycles. The Labute approximate surface area is 92.2 Å². The molecule has 0 saturated carbocycles. The Kier molecular flexibility index (Phi) is 5.47. The number of hydrogen-bond acceptors (Lipinski definition) is 2. The van der Waals surface area contributed by atoms with Gasteiger partial charge in [-0.2, -0.15) is 0 Å². The maximum atomic E-state index is 11.5. The Morgan fingerprint density at radius 1 is 1.53 bits per heavy atom. The van der Waals surface area contributed by atoms with Crippen LogP contribution in [0.3, 0.4) is 0 Å². The first kappa shape index (κ1) is 12.3. The lowest BCUT2D eigenvalue weighted by atomic mass is 10.0. The summed E-state index contributed by atoms with van der Waals surface area (Å²) < 4.78 is 0. The van der Waals surface area contributed by atoms with Crippen LogP contribution >= 0.6 is 0 Å². The van der Waals surface area contributed by atoms with E-state index in [1.54, 1.807) is 0 Å². The normalized spacial score (nSPS) is 26.0. The molecule has 4 nitrogen and oxygen atoms in total. The van der Waals surface area contributed by atoms with Crippen LogP contribution < -0.4 is 16.0 Å². The van der Waals surface area contributed by atoms with Gasteiger partial charge in [0.25, 0.3) is 0 Å². The minimum absolute atomic E-state index is 0.0115. The highest BCUT2D eigenvalue weighted by Gasteiger charge is 2.19. The van der Waals surface area contributed by atoms with Crippen molar-refractivity contribution in [3.8, 4) is 0 Å². The Bertz CT molecular complexity index is 196. The van der Waals surface area contributed by atoms with Gasteiger partial charge in [-0.1, -0.05) is 13.3 Å². The van der Waals surface area contributed by atoms with E-state index >= 15 is 0 Å². The van der Waals surface area contributed by atoms with Crippen molar-refractivity contribution in [3.63, 3.8) is 0 Å². The highest BCUT2D eigenvalue weighted by molar-refractivity contribution is 5.74. The summed E-state index contributed by atoms with van der Waals surface area (Å²) in [5.41, 5.74) is 0. The SMILES string of the molecule is CCCCNC(=O)NC1CCNC(C)C1. The first-order valence-electron chi connectivity index (χ1n) is 6.00. The number of amides is 2. The van der Waals surface area contributed by atoms with Crippen LogP contribution in [0.4, 0.5) is 4.79 Å². The van der Waals surface area contributed by atoms with Gasteiger partial charge >= 0.3 is 6.03 Å². The second-order valence-corrected chi connectivity index (χ2v) is 4.33. The number of urea groups is 1. The number of rotatable bonds is 4. The first-order chi connectivity index (χ1) is 7.22. The van der Waals surface area contributed by atoms with E-state index in [1.165, 1.54) is 0 Å². The van der Waals surface area contributed by atoms with E-state index in [4.69, 9.17) is 0 Å². The molecule has 1 heterocycles. The van der Waals surface area contributed by atoms with Crippen molar-refractivity contribution in [2.45, 2.75) is 51.6 Å². The van der Waals surface area contributed by atoms with Crippen molar-refractivity contribution in [3.05, 3.63) is 0 Å².